The molecule has 0 fully saturated rings. The van der Waals surface area contributed by atoms with E-state index in [1.807, 2.05) is 26.0 Å². The third-order valence-electron chi connectivity index (χ3n) is 4.46. The minimum atomic E-state index is -0.466. The first-order valence-corrected chi connectivity index (χ1v) is 9.13. The summed E-state index contributed by atoms with van der Waals surface area (Å²) in [5.41, 5.74) is 4.57. The van der Waals surface area contributed by atoms with Crippen molar-refractivity contribution in [3.63, 3.8) is 0 Å². The van der Waals surface area contributed by atoms with Gasteiger partial charge in [-0.2, -0.15) is 5.10 Å². The number of carbonyl (C=O) groups excluding carboxylic acids is 1. The van der Waals surface area contributed by atoms with Gasteiger partial charge in [0.2, 0.25) is 5.91 Å². The molecule has 2 heterocycles. The summed E-state index contributed by atoms with van der Waals surface area (Å²) in [6, 6.07) is 5.47. The molecule has 0 aliphatic rings. The van der Waals surface area contributed by atoms with Gasteiger partial charge in [-0.3, -0.25) is 19.5 Å². The molecular formula is C19H23N5O4. The van der Waals surface area contributed by atoms with Crippen LogP contribution < -0.4 is 15.8 Å². The van der Waals surface area contributed by atoms with Gasteiger partial charge in [0.05, 0.1) is 17.9 Å². The van der Waals surface area contributed by atoms with Crippen molar-refractivity contribution >= 4 is 16.9 Å². The van der Waals surface area contributed by atoms with Crippen LogP contribution in [0.5, 0.6) is 5.75 Å². The second kappa shape index (κ2) is 8.22. The van der Waals surface area contributed by atoms with Gasteiger partial charge in [0.1, 0.15) is 17.1 Å². The van der Waals surface area contributed by atoms with E-state index in [-0.39, 0.29) is 12.0 Å². The molecule has 3 rings (SSSR count). The van der Waals surface area contributed by atoms with Crippen LogP contribution in [-0.4, -0.2) is 37.5 Å². The van der Waals surface area contributed by atoms with Crippen molar-refractivity contribution in [2.24, 2.45) is 7.05 Å². The van der Waals surface area contributed by atoms with Crippen molar-refractivity contribution in [3.8, 4) is 17.1 Å². The Morgan fingerprint density at radius 2 is 2.14 bits per heavy atom. The Kier molecular flexibility index (Phi) is 5.74. The smallest absolute Gasteiger partial charge is 0.277 e. The van der Waals surface area contributed by atoms with Crippen molar-refractivity contribution in [1.82, 2.24) is 25.2 Å². The van der Waals surface area contributed by atoms with E-state index in [2.05, 4.69) is 15.1 Å². The van der Waals surface area contributed by atoms with Gasteiger partial charge >= 0.3 is 0 Å². The molecule has 1 aromatic carbocycles. The van der Waals surface area contributed by atoms with Gasteiger partial charge in [-0.25, -0.2) is 10.5 Å². The van der Waals surface area contributed by atoms with Gasteiger partial charge in [0.15, 0.2) is 5.52 Å². The first-order chi connectivity index (χ1) is 13.5. The van der Waals surface area contributed by atoms with Crippen molar-refractivity contribution in [2.45, 2.75) is 33.1 Å². The predicted molar refractivity (Wildman–Crippen MR) is 103 cm³/mol. The van der Waals surface area contributed by atoms with Crippen LogP contribution in [0, 0.1) is 0 Å². The molecule has 0 spiro atoms. The molecule has 3 N–H and O–H groups in total. The number of aryl methyl sites for hydroxylation is 3. The Morgan fingerprint density at radius 3 is 2.82 bits per heavy atom. The Hall–Kier alpha value is -3.20. The summed E-state index contributed by atoms with van der Waals surface area (Å²) in [4.78, 5) is 31.4. The summed E-state index contributed by atoms with van der Waals surface area (Å²) in [5, 5.41) is 13.0. The number of nitrogens with zero attached hydrogens (tertiary/aromatic N) is 3. The third-order valence-corrected chi connectivity index (χ3v) is 4.46. The standard InChI is InChI=1S/C19H23N5O4/c1-4-13-16-17(24(3)22-13)19(26)21-18(20-16)12-10-11(7-9-15(25)23-27)6-8-14(12)28-5-2/h6,8,10,27H,4-5,7,9H2,1-3H3,(H,23,25)(H,20,21,26). The van der Waals surface area contributed by atoms with Gasteiger partial charge in [-0.15, -0.1) is 0 Å². The zero-order valence-electron chi connectivity index (χ0n) is 16.1. The van der Waals surface area contributed by atoms with Gasteiger partial charge in [0.25, 0.3) is 5.56 Å². The lowest BCUT2D eigenvalue weighted by Crippen LogP contribution is -2.18. The highest BCUT2D eigenvalue weighted by molar-refractivity contribution is 5.80. The quantitative estimate of drug-likeness (QED) is 0.420. The largest absolute Gasteiger partial charge is 0.493 e. The number of fused-ring (bicyclic) bond motifs is 1. The molecular weight excluding hydrogens is 362 g/mol. The van der Waals surface area contributed by atoms with E-state index < -0.39 is 5.91 Å². The Labute approximate surface area is 161 Å². The summed E-state index contributed by atoms with van der Waals surface area (Å²) < 4.78 is 7.24. The Balaban J connectivity index is 2.12. The lowest BCUT2D eigenvalue weighted by molar-refractivity contribution is -0.129. The molecule has 0 radical (unpaired) electrons. The van der Waals surface area contributed by atoms with E-state index in [9.17, 15) is 9.59 Å². The van der Waals surface area contributed by atoms with Crippen LogP contribution in [0.15, 0.2) is 23.0 Å². The minimum Gasteiger partial charge on any atom is -0.493 e. The molecule has 0 unspecified atom stereocenters. The van der Waals surface area contributed by atoms with E-state index in [0.717, 1.165) is 11.3 Å². The number of amides is 1. The fraction of sp³-hybridized carbons (Fsp3) is 0.368. The zero-order chi connectivity index (χ0) is 20.3. The number of hydrogen-bond donors (Lipinski definition) is 3. The van der Waals surface area contributed by atoms with Crippen LogP contribution in [0.2, 0.25) is 0 Å². The molecule has 148 valence electrons. The minimum absolute atomic E-state index is 0.134. The van der Waals surface area contributed by atoms with Gasteiger partial charge in [-0.1, -0.05) is 13.0 Å². The number of rotatable bonds is 7. The first-order valence-electron chi connectivity index (χ1n) is 9.13. The highest BCUT2D eigenvalue weighted by Gasteiger charge is 2.17. The number of H-pyrrole nitrogens is 1. The van der Waals surface area contributed by atoms with Crippen molar-refractivity contribution in [3.05, 3.63) is 39.8 Å². The fourth-order valence-corrected chi connectivity index (χ4v) is 3.13. The van der Waals surface area contributed by atoms with E-state index in [1.165, 1.54) is 4.68 Å². The van der Waals surface area contributed by atoms with Crippen LogP contribution in [-0.2, 0) is 24.7 Å². The molecule has 0 atom stereocenters. The molecule has 9 nitrogen and oxygen atoms in total. The summed E-state index contributed by atoms with van der Waals surface area (Å²) in [5.74, 6) is 0.505. The number of carbonyl (C=O) groups is 1. The summed E-state index contributed by atoms with van der Waals surface area (Å²) in [6.07, 6.45) is 1.21. The second-order valence-electron chi connectivity index (χ2n) is 6.33. The van der Waals surface area contributed by atoms with Crippen LogP contribution in [0.4, 0.5) is 0 Å². The average molecular weight is 385 g/mol. The molecule has 1 amide bonds. The number of aromatic nitrogens is 4. The number of ether oxygens (including phenoxy) is 1. The van der Waals surface area contributed by atoms with Crippen LogP contribution >= 0.6 is 0 Å². The topological polar surface area (TPSA) is 122 Å². The molecule has 0 aliphatic carbocycles. The van der Waals surface area contributed by atoms with Crippen LogP contribution in [0.25, 0.3) is 22.4 Å². The highest BCUT2D eigenvalue weighted by Crippen LogP contribution is 2.30. The monoisotopic (exact) mass is 385 g/mol. The van der Waals surface area contributed by atoms with Gasteiger partial charge in [0, 0.05) is 13.5 Å². The second-order valence-corrected chi connectivity index (χ2v) is 6.33. The van der Waals surface area contributed by atoms with Crippen molar-refractivity contribution in [1.29, 1.82) is 0 Å². The zero-order valence-corrected chi connectivity index (χ0v) is 16.1. The number of benzene rings is 1. The lowest BCUT2D eigenvalue weighted by Gasteiger charge is -2.12. The molecule has 28 heavy (non-hydrogen) atoms. The molecule has 0 saturated carbocycles. The Bertz CT molecular complexity index is 1070. The average Bonchev–Trinajstić information content (AvgIpc) is 3.03. The predicted octanol–water partition coefficient (Wildman–Crippen LogP) is 1.72. The summed E-state index contributed by atoms with van der Waals surface area (Å²) in [7, 11) is 1.72. The number of hydroxylamine groups is 1. The Morgan fingerprint density at radius 1 is 1.36 bits per heavy atom. The maximum Gasteiger partial charge on any atom is 0.277 e. The molecule has 0 bridgehead atoms. The van der Waals surface area contributed by atoms with E-state index in [1.54, 1.807) is 18.6 Å². The molecule has 9 heteroatoms. The first kappa shape index (κ1) is 19.6. The third kappa shape index (κ3) is 3.74. The SMILES string of the molecule is CCOc1ccc(CCC(=O)NO)cc1-c1nc2c(CC)nn(C)c2c(=O)[nH]1. The maximum absolute atomic E-state index is 12.7. The molecule has 2 aromatic heterocycles. The normalized spacial score (nSPS) is 11.0. The van der Waals surface area contributed by atoms with Gasteiger partial charge < -0.3 is 9.72 Å². The summed E-state index contributed by atoms with van der Waals surface area (Å²) in [6.45, 7) is 4.29. The number of aromatic amines is 1. The number of hydrogen-bond acceptors (Lipinski definition) is 6. The molecule has 0 saturated heterocycles. The van der Waals surface area contributed by atoms with Crippen LogP contribution in [0.3, 0.4) is 0 Å². The van der Waals surface area contributed by atoms with E-state index >= 15 is 0 Å². The van der Waals surface area contributed by atoms with Gasteiger partial charge in [-0.05, 0) is 37.5 Å². The van der Waals surface area contributed by atoms with E-state index in [0.29, 0.717) is 47.6 Å². The van der Waals surface area contributed by atoms with Crippen LogP contribution in [0.1, 0.15) is 31.5 Å². The molecule has 0 aliphatic heterocycles. The van der Waals surface area contributed by atoms with E-state index in [4.69, 9.17) is 9.94 Å². The molecule has 3 aromatic rings. The summed E-state index contributed by atoms with van der Waals surface area (Å²) >= 11 is 0. The maximum atomic E-state index is 12.7. The van der Waals surface area contributed by atoms with Crippen molar-refractivity contribution < 1.29 is 14.7 Å². The lowest BCUT2D eigenvalue weighted by atomic mass is 10.0. The van der Waals surface area contributed by atoms with Crippen molar-refractivity contribution in [2.75, 3.05) is 6.61 Å². The highest BCUT2D eigenvalue weighted by atomic mass is 16.5. The fourth-order valence-electron chi connectivity index (χ4n) is 3.13. The number of nitrogens with one attached hydrogen (secondary N) is 2.